The molecule has 4 nitrogen and oxygen atoms in total. The summed E-state index contributed by atoms with van der Waals surface area (Å²) in [5, 5.41) is 0.777. The summed E-state index contributed by atoms with van der Waals surface area (Å²) in [5.74, 6) is 0.560. The van der Waals surface area contributed by atoms with Gasteiger partial charge in [-0.3, -0.25) is 4.48 Å². The van der Waals surface area contributed by atoms with Crippen LogP contribution in [-0.2, 0) is 9.47 Å². The summed E-state index contributed by atoms with van der Waals surface area (Å²) in [5.41, 5.74) is 1.35. The van der Waals surface area contributed by atoms with Gasteiger partial charge in [-0.1, -0.05) is 37.6 Å². The van der Waals surface area contributed by atoms with Crippen molar-refractivity contribution >= 4 is 17.8 Å². The maximum Gasteiger partial charge on any atom is 0.512 e. The average Bonchev–Trinajstić information content (AvgIpc) is 2.59. The summed E-state index contributed by atoms with van der Waals surface area (Å²) >= 11 is 5.96. The minimum Gasteiger partial charge on any atom is -0.431 e. The third-order valence-electron chi connectivity index (χ3n) is 5.04. The van der Waals surface area contributed by atoms with Crippen LogP contribution in [0.15, 0.2) is 24.3 Å². The molecule has 0 N–H and O–H groups in total. The molecule has 1 aliphatic heterocycles. The highest BCUT2D eigenvalue weighted by molar-refractivity contribution is 6.30. The molecule has 24 heavy (non-hydrogen) atoms. The van der Waals surface area contributed by atoms with Crippen LogP contribution in [0.4, 0.5) is 4.79 Å². The lowest BCUT2D eigenvalue weighted by molar-refractivity contribution is -0.930. The Balaban J connectivity index is 1.79. The third kappa shape index (κ3) is 5.38. The molecule has 0 unspecified atom stereocenters. The van der Waals surface area contributed by atoms with E-state index in [0.29, 0.717) is 12.6 Å². The molecule has 5 heteroatoms. The molecular weight excluding hydrogens is 326 g/mol. The molecule has 0 aromatic heterocycles. The van der Waals surface area contributed by atoms with E-state index in [9.17, 15) is 4.79 Å². The van der Waals surface area contributed by atoms with E-state index in [-0.39, 0.29) is 6.10 Å². The van der Waals surface area contributed by atoms with Gasteiger partial charge >= 0.3 is 6.16 Å². The van der Waals surface area contributed by atoms with E-state index in [1.54, 1.807) is 0 Å². The fourth-order valence-electron chi connectivity index (χ4n) is 3.22. The van der Waals surface area contributed by atoms with E-state index >= 15 is 0 Å². The van der Waals surface area contributed by atoms with Gasteiger partial charge in [0.25, 0.3) is 0 Å². The minimum absolute atomic E-state index is 0.0431. The molecule has 1 saturated heterocycles. The second-order valence-corrected chi connectivity index (χ2v) is 7.41. The van der Waals surface area contributed by atoms with Crippen molar-refractivity contribution in [1.82, 2.24) is 0 Å². The number of benzene rings is 1. The maximum absolute atomic E-state index is 11.8. The van der Waals surface area contributed by atoms with E-state index < -0.39 is 6.16 Å². The molecule has 1 aliphatic rings. The number of likely N-dealkylation sites (tertiary alicyclic amines) is 1. The maximum atomic E-state index is 11.8. The van der Waals surface area contributed by atoms with Crippen molar-refractivity contribution in [1.29, 1.82) is 0 Å². The zero-order valence-electron chi connectivity index (χ0n) is 15.0. The summed E-state index contributed by atoms with van der Waals surface area (Å²) in [7, 11) is 2.14. The Morgan fingerprint density at radius 3 is 2.33 bits per heavy atom. The Morgan fingerprint density at radius 1 is 1.21 bits per heavy atom. The van der Waals surface area contributed by atoms with Crippen molar-refractivity contribution < 1.29 is 18.8 Å². The van der Waals surface area contributed by atoms with Gasteiger partial charge in [0.1, 0.15) is 6.10 Å². The third-order valence-corrected chi connectivity index (χ3v) is 5.30. The number of carbonyl (C=O) groups is 1. The number of carbonyl (C=O) groups excluding carboxylic acids is 1. The van der Waals surface area contributed by atoms with E-state index in [1.807, 2.05) is 26.0 Å². The molecule has 1 heterocycles. The molecule has 0 bridgehead atoms. The normalized spacial score (nSPS) is 24.0. The van der Waals surface area contributed by atoms with Gasteiger partial charge in [-0.15, -0.1) is 0 Å². The first-order valence-electron chi connectivity index (χ1n) is 8.88. The summed E-state index contributed by atoms with van der Waals surface area (Å²) in [6.07, 6.45) is 3.23. The summed E-state index contributed by atoms with van der Waals surface area (Å²) in [4.78, 5) is 11.8. The van der Waals surface area contributed by atoms with Crippen LogP contribution < -0.4 is 0 Å². The van der Waals surface area contributed by atoms with Crippen LogP contribution in [0.25, 0.3) is 0 Å². The molecule has 0 aliphatic carbocycles. The predicted octanol–water partition coefficient (Wildman–Crippen LogP) is 4.96. The molecule has 0 atom stereocenters. The van der Waals surface area contributed by atoms with Crippen LogP contribution in [0.2, 0.25) is 5.02 Å². The number of nitrogens with zero attached hydrogens (tertiary/aromatic N) is 1. The van der Waals surface area contributed by atoms with Crippen LogP contribution in [0, 0.1) is 0 Å². The highest BCUT2D eigenvalue weighted by atomic mass is 35.5. The van der Waals surface area contributed by atoms with Crippen molar-refractivity contribution in [2.75, 3.05) is 26.9 Å². The topological polar surface area (TPSA) is 35.5 Å². The molecular formula is C19H29ClNO3+. The lowest BCUT2D eigenvalue weighted by Gasteiger charge is -2.39. The SMILES string of the molecule is CCC(CC)OC(=O)OC[N+]1(C)CCC(c2ccc(Cl)cc2)CC1. The molecule has 1 aromatic carbocycles. The predicted molar refractivity (Wildman–Crippen MR) is 96.1 cm³/mol. The molecule has 0 spiro atoms. The van der Waals surface area contributed by atoms with E-state index in [1.165, 1.54) is 5.56 Å². The Hall–Kier alpha value is -1.26. The van der Waals surface area contributed by atoms with Crippen molar-refractivity contribution in [2.45, 2.75) is 51.6 Å². The molecule has 2 rings (SSSR count). The van der Waals surface area contributed by atoms with Crippen LogP contribution >= 0.6 is 11.6 Å². The first-order valence-corrected chi connectivity index (χ1v) is 9.26. The number of halogens is 1. The van der Waals surface area contributed by atoms with Crippen molar-refractivity contribution in [2.24, 2.45) is 0 Å². The van der Waals surface area contributed by atoms with Crippen molar-refractivity contribution in [3.63, 3.8) is 0 Å². The zero-order valence-corrected chi connectivity index (χ0v) is 15.7. The van der Waals surface area contributed by atoms with Gasteiger partial charge < -0.3 is 9.47 Å². The Kier molecular flexibility index (Phi) is 6.93. The van der Waals surface area contributed by atoms with Crippen molar-refractivity contribution in [3.05, 3.63) is 34.9 Å². The monoisotopic (exact) mass is 354 g/mol. The van der Waals surface area contributed by atoms with Gasteiger partial charge in [-0.05, 0) is 36.5 Å². The number of rotatable bonds is 6. The highest BCUT2D eigenvalue weighted by Gasteiger charge is 2.32. The summed E-state index contributed by atoms with van der Waals surface area (Å²) < 4.78 is 11.4. The molecule has 0 amide bonds. The standard InChI is InChI=1S/C19H29ClNO3/c1-4-18(5-2)24-19(22)23-14-21(3)12-10-16(11-13-21)15-6-8-17(20)9-7-15/h6-9,16,18H,4-5,10-14H2,1-3H3/q+1. The van der Waals surface area contributed by atoms with Crippen LogP contribution in [-0.4, -0.2) is 43.6 Å². The van der Waals surface area contributed by atoms with Gasteiger partial charge in [0.2, 0.25) is 6.73 Å². The molecule has 1 fully saturated rings. The first kappa shape index (κ1) is 19.1. The van der Waals surface area contributed by atoms with Gasteiger partial charge in [0, 0.05) is 17.9 Å². The molecule has 1 aromatic rings. The first-order chi connectivity index (χ1) is 11.5. The summed E-state index contributed by atoms with van der Waals surface area (Å²) in [6.45, 7) is 6.39. The number of hydrogen-bond acceptors (Lipinski definition) is 3. The Labute approximate surface area is 150 Å². The van der Waals surface area contributed by atoms with Gasteiger partial charge in [-0.2, -0.15) is 0 Å². The van der Waals surface area contributed by atoms with E-state index in [4.69, 9.17) is 21.1 Å². The molecule has 0 radical (unpaired) electrons. The fourth-order valence-corrected chi connectivity index (χ4v) is 3.35. The Bertz CT molecular complexity index is 520. The smallest absolute Gasteiger partial charge is 0.431 e. The fraction of sp³-hybridized carbons (Fsp3) is 0.632. The lowest BCUT2D eigenvalue weighted by Crippen LogP contribution is -2.51. The number of quaternary nitrogens is 1. The van der Waals surface area contributed by atoms with E-state index in [2.05, 4.69) is 19.2 Å². The van der Waals surface area contributed by atoms with Crippen LogP contribution in [0.3, 0.4) is 0 Å². The minimum atomic E-state index is -0.539. The lowest BCUT2D eigenvalue weighted by atomic mass is 9.89. The average molecular weight is 355 g/mol. The van der Waals surface area contributed by atoms with Gasteiger partial charge in [0.05, 0.1) is 20.1 Å². The van der Waals surface area contributed by atoms with E-state index in [0.717, 1.165) is 48.3 Å². The highest BCUT2D eigenvalue weighted by Crippen LogP contribution is 2.31. The second kappa shape index (κ2) is 8.72. The largest absolute Gasteiger partial charge is 0.512 e. The molecule has 0 saturated carbocycles. The van der Waals surface area contributed by atoms with Crippen LogP contribution in [0.5, 0.6) is 0 Å². The van der Waals surface area contributed by atoms with Crippen molar-refractivity contribution in [3.8, 4) is 0 Å². The number of ether oxygens (including phenoxy) is 2. The zero-order chi connectivity index (χ0) is 17.6. The number of hydrogen-bond donors (Lipinski definition) is 0. The van der Waals surface area contributed by atoms with Crippen LogP contribution in [0.1, 0.15) is 51.0 Å². The second-order valence-electron chi connectivity index (χ2n) is 6.97. The van der Waals surface area contributed by atoms with Gasteiger partial charge in [-0.25, -0.2) is 4.79 Å². The quantitative estimate of drug-likeness (QED) is 0.534. The number of piperidine rings is 1. The van der Waals surface area contributed by atoms with Gasteiger partial charge in [0.15, 0.2) is 0 Å². The molecule has 134 valence electrons. The Morgan fingerprint density at radius 2 is 1.79 bits per heavy atom. The summed E-state index contributed by atoms with van der Waals surface area (Å²) in [6, 6.07) is 8.14.